The van der Waals surface area contributed by atoms with E-state index < -0.39 is 0 Å². The summed E-state index contributed by atoms with van der Waals surface area (Å²) in [4.78, 5) is 26.2. The number of anilines is 1. The van der Waals surface area contributed by atoms with E-state index in [-0.39, 0.29) is 5.91 Å². The molecule has 2 aromatic carbocycles. The SMILES string of the molecule is CC(=O)NCCN(C)c1nc(-c2ccccc2)nc2[nH]c(COc3cccc(Cl)c3)cc12. The molecule has 0 atom stereocenters. The van der Waals surface area contributed by atoms with Gasteiger partial charge in [-0.3, -0.25) is 4.79 Å². The van der Waals surface area contributed by atoms with Crippen LogP contribution in [-0.2, 0) is 11.4 Å². The maximum atomic E-state index is 11.2. The number of rotatable bonds is 8. The van der Waals surface area contributed by atoms with Crippen LogP contribution in [0.1, 0.15) is 12.6 Å². The lowest BCUT2D eigenvalue weighted by molar-refractivity contribution is -0.118. The van der Waals surface area contributed by atoms with Crippen molar-refractivity contribution in [2.45, 2.75) is 13.5 Å². The highest BCUT2D eigenvalue weighted by Crippen LogP contribution is 2.28. The lowest BCUT2D eigenvalue weighted by atomic mass is 10.2. The zero-order valence-corrected chi connectivity index (χ0v) is 18.7. The minimum atomic E-state index is -0.0571. The molecule has 0 saturated heterocycles. The van der Waals surface area contributed by atoms with E-state index in [4.69, 9.17) is 26.3 Å². The normalized spacial score (nSPS) is 10.8. The molecule has 2 heterocycles. The summed E-state index contributed by atoms with van der Waals surface area (Å²) in [5.41, 5.74) is 2.53. The molecule has 7 nitrogen and oxygen atoms in total. The number of likely N-dealkylation sites (N-methyl/N-ethyl adjacent to an activating group) is 1. The number of amides is 1. The Balaban J connectivity index is 1.65. The quantitative estimate of drug-likeness (QED) is 0.416. The molecule has 0 fully saturated rings. The molecule has 0 unspecified atom stereocenters. The van der Waals surface area contributed by atoms with Crippen LogP contribution in [-0.4, -0.2) is 41.0 Å². The van der Waals surface area contributed by atoms with Crippen molar-refractivity contribution in [1.29, 1.82) is 0 Å². The van der Waals surface area contributed by atoms with Gasteiger partial charge in [-0.15, -0.1) is 0 Å². The molecule has 0 aliphatic heterocycles. The molecule has 1 amide bonds. The minimum absolute atomic E-state index is 0.0571. The summed E-state index contributed by atoms with van der Waals surface area (Å²) in [6.45, 7) is 2.98. The van der Waals surface area contributed by atoms with E-state index >= 15 is 0 Å². The van der Waals surface area contributed by atoms with Crippen molar-refractivity contribution in [2.24, 2.45) is 0 Å². The highest BCUT2D eigenvalue weighted by atomic mass is 35.5. The predicted octanol–water partition coefficient (Wildman–Crippen LogP) is 4.43. The van der Waals surface area contributed by atoms with Crippen molar-refractivity contribution in [2.75, 3.05) is 25.0 Å². The molecule has 0 bridgehead atoms. The molecule has 164 valence electrons. The predicted molar refractivity (Wildman–Crippen MR) is 127 cm³/mol. The van der Waals surface area contributed by atoms with E-state index in [1.807, 2.05) is 60.5 Å². The molecular formula is C24H24ClN5O2. The zero-order chi connectivity index (χ0) is 22.5. The van der Waals surface area contributed by atoms with Crippen LogP contribution < -0.4 is 15.0 Å². The maximum Gasteiger partial charge on any atom is 0.216 e. The summed E-state index contributed by atoms with van der Waals surface area (Å²) < 4.78 is 5.88. The van der Waals surface area contributed by atoms with E-state index in [2.05, 4.69) is 10.3 Å². The number of H-pyrrole nitrogens is 1. The Morgan fingerprint density at radius 3 is 2.69 bits per heavy atom. The molecule has 4 rings (SSSR count). The van der Waals surface area contributed by atoms with Gasteiger partial charge >= 0.3 is 0 Å². The second-order valence-corrected chi connectivity index (χ2v) is 7.88. The third-order valence-electron chi connectivity index (χ3n) is 4.93. The Morgan fingerprint density at radius 1 is 1.12 bits per heavy atom. The van der Waals surface area contributed by atoms with Crippen LogP contribution in [0.4, 0.5) is 5.82 Å². The standard InChI is InChI=1S/C24H24ClN5O2/c1-16(31)26-11-12-30(2)24-21-14-19(15-32-20-10-6-9-18(25)13-20)27-23(21)28-22(29-24)17-7-4-3-5-8-17/h3-10,13-14H,11-12,15H2,1-2H3,(H,26,31)(H,27,28,29). The molecule has 0 radical (unpaired) electrons. The van der Waals surface area contributed by atoms with Crippen molar-refractivity contribution < 1.29 is 9.53 Å². The molecular weight excluding hydrogens is 426 g/mol. The maximum absolute atomic E-state index is 11.2. The van der Waals surface area contributed by atoms with Gasteiger partial charge < -0.3 is 19.9 Å². The van der Waals surface area contributed by atoms with Gasteiger partial charge in [0.1, 0.15) is 23.8 Å². The van der Waals surface area contributed by atoms with Gasteiger partial charge in [-0.05, 0) is 24.3 Å². The number of aromatic nitrogens is 3. The van der Waals surface area contributed by atoms with Crippen LogP contribution in [0.5, 0.6) is 5.75 Å². The Hall–Kier alpha value is -3.58. The van der Waals surface area contributed by atoms with Gasteiger partial charge in [0.15, 0.2) is 5.82 Å². The van der Waals surface area contributed by atoms with Gasteiger partial charge in [0.05, 0.1) is 11.1 Å². The summed E-state index contributed by atoms with van der Waals surface area (Å²) in [7, 11) is 1.95. The second-order valence-electron chi connectivity index (χ2n) is 7.44. The van der Waals surface area contributed by atoms with Crippen LogP contribution in [0.25, 0.3) is 22.4 Å². The third-order valence-corrected chi connectivity index (χ3v) is 5.16. The smallest absolute Gasteiger partial charge is 0.216 e. The van der Waals surface area contributed by atoms with Gasteiger partial charge in [-0.2, -0.15) is 0 Å². The third kappa shape index (κ3) is 5.18. The Labute approximate surface area is 191 Å². The number of ether oxygens (including phenoxy) is 1. The second kappa shape index (κ2) is 9.70. The first-order valence-corrected chi connectivity index (χ1v) is 10.7. The average Bonchev–Trinajstić information content (AvgIpc) is 3.20. The van der Waals surface area contributed by atoms with Crippen LogP contribution in [0.2, 0.25) is 5.02 Å². The summed E-state index contributed by atoms with van der Waals surface area (Å²) in [6, 6.07) is 19.1. The zero-order valence-electron chi connectivity index (χ0n) is 17.9. The van der Waals surface area contributed by atoms with Gasteiger partial charge in [-0.25, -0.2) is 9.97 Å². The molecule has 0 saturated carbocycles. The van der Waals surface area contributed by atoms with Crippen molar-refractivity contribution in [3.8, 4) is 17.1 Å². The minimum Gasteiger partial charge on any atom is -0.487 e. The molecule has 4 aromatic rings. The monoisotopic (exact) mass is 449 g/mol. The first-order chi connectivity index (χ1) is 15.5. The fourth-order valence-electron chi connectivity index (χ4n) is 3.36. The molecule has 2 aromatic heterocycles. The number of carbonyl (C=O) groups is 1. The van der Waals surface area contributed by atoms with Crippen LogP contribution >= 0.6 is 11.6 Å². The number of hydrogen-bond acceptors (Lipinski definition) is 5. The van der Waals surface area contributed by atoms with Crippen molar-refractivity contribution in [1.82, 2.24) is 20.3 Å². The van der Waals surface area contributed by atoms with Crippen LogP contribution in [0, 0.1) is 0 Å². The Bertz CT molecular complexity index is 1230. The highest BCUT2D eigenvalue weighted by molar-refractivity contribution is 6.30. The van der Waals surface area contributed by atoms with E-state index in [0.717, 1.165) is 28.1 Å². The van der Waals surface area contributed by atoms with Gasteiger partial charge in [-0.1, -0.05) is 48.0 Å². The summed E-state index contributed by atoms with van der Waals surface area (Å²) in [5.74, 6) is 2.05. The number of benzene rings is 2. The lowest BCUT2D eigenvalue weighted by Crippen LogP contribution is -2.32. The van der Waals surface area contributed by atoms with E-state index in [1.165, 1.54) is 6.92 Å². The lowest BCUT2D eigenvalue weighted by Gasteiger charge is -2.19. The summed E-state index contributed by atoms with van der Waals surface area (Å²) in [5, 5.41) is 4.34. The van der Waals surface area contributed by atoms with E-state index in [0.29, 0.717) is 36.3 Å². The van der Waals surface area contributed by atoms with Gasteiger partial charge in [0.25, 0.3) is 0 Å². The molecule has 0 aliphatic rings. The summed E-state index contributed by atoms with van der Waals surface area (Å²) in [6.07, 6.45) is 0. The number of nitrogens with zero attached hydrogens (tertiary/aromatic N) is 3. The largest absolute Gasteiger partial charge is 0.487 e. The topological polar surface area (TPSA) is 83.1 Å². The van der Waals surface area contributed by atoms with E-state index in [9.17, 15) is 4.79 Å². The molecule has 32 heavy (non-hydrogen) atoms. The van der Waals surface area contributed by atoms with Gasteiger partial charge in [0.2, 0.25) is 5.91 Å². The van der Waals surface area contributed by atoms with Crippen LogP contribution in [0.15, 0.2) is 60.7 Å². The van der Waals surface area contributed by atoms with Crippen molar-refractivity contribution in [3.05, 3.63) is 71.4 Å². The molecule has 8 heteroatoms. The van der Waals surface area contributed by atoms with E-state index in [1.54, 1.807) is 12.1 Å². The number of aromatic amines is 1. The molecule has 0 aliphatic carbocycles. The van der Waals surface area contributed by atoms with Gasteiger partial charge in [0, 0.05) is 37.6 Å². The number of halogens is 1. The first kappa shape index (κ1) is 21.6. The molecule has 2 N–H and O–H groups in total. The Kier molecular flexibility index (Phi) is 6.56. The van der Waals surface area contributed by atoms with Crippen LogP contribution in [0.3, 0.4) is 0 Å². The molecule has 0 spiro atoms. The number of fused-ring (bicyclic) bond motifs is 1. The number of nitrogens with one attached hydrogen (secondary N) is 2. The Morgan fingerprint density at radius 2 is 1.94 bits per heavy atom. The first-order valence-electron chi connectivity index (χ1n) is 10.3. The summed E-state index contributed by atoms with van der Waals surface area (Å²) >= 11 is 6.05. The fourth-order valence-corrected chi connectivity index (χ4v) is 3.54. The number of hydrogen-bond donors (Lipinski definition) is 2. The fraction of sp³-hybridized carbons (Fsp3) is 0.208. The highest BCUT2D eigenvalue weighted by Gasteiger charge is 2.16. The van der Waals surface area contributed by atoms with Crippen molar-refractivity contribution >= 4 is 34.4 Å². The average molecular weight is 450 g/mol. The number of carbonyl (C=O) groups excluding carboxylic acids is 1. The van der Waals surface area contributed by atoms with Crippen molar-refractivity contribution in [3.63, 3.8) is 0 Å².